The minimum absolute atomic E-state index is 0.0134. The molecule has 0 radical (unpaired) electrons. The maximum Gasteiger partial charge on any atom is 0.410 e. The summed E-state index contributed by atoms with van der Waals surface area (Å²) in [4.78, 5) is 244. The number of ketones is 5. The fraction of sp³-hybridized carbons (Fsp3) is 0.670. The standard InChI is InChI=1S/C97H143N9O28S/c1-15-62(8)89(80(128-13)53-85(115)105-42-24-31-75(105)90(129-14)63(9)76(109)50-68(94(122)123)48-65-26-20-19-21-27-65)103(11)92(120)72(60(4)5)52-79(112)88(61(6)7)104(12)97(127)133-55-67-34-32-66(33-35-67)49-77(110)64(10)99-91(119)71(59(2)3)51-78(111)73(100-83(114)56-132-70-29-22-17-16-18-23-30-70)36-37-82(113)98-41-45-131-47-46-130-44-25-28-69(108)40-43-106-86(116)54-81(93(106)121)135-57-74(95(124)125)101-96(126)102-84(134-58-107)38-39-87(117)118/h19-21,26-27,32-35,58-64,68,70-75,80-81,84,88-90H,15-18,22,24-25,28-29,31,36-57H2,1-14H3,(H,98,113)(H,99,119)(H,100,114)(H,117,118)(H,122,123)(H,124,125)(H2,101,102,126)/t62-,63-,64-,68+,70?,71-,72-,73?,74-,75-,80+,81?,84+,88-,89-,90+/m0/s1. The molecule has 3 unspecified atom stereocenters. The molecule has 37 nitrogen and oxygen atoms in total. The molecule has 2 aromatic rings. The highest BCUT2D eigenvalue weighted by atomic mass is 32.2. The molecule has 3 aliphatic rings. The largest absolute Gasteiger partial charge is 0.481 e. The molecule has 2 aliphatic heterocycles. The van der Waals surface area contributed by atoms with Gasteiger partial charge in [0.05, 0.1) is 86.2 Å². The Kier molecular flexibility index (Phi) is 51.2. The number of carbonyl (C=O) groups is 18. The monoisotopic (exact) mass is 1910 g/mol. The van der Waals surface area contributed by atoms with Crippen LogP contribution < -0.4 is 26.6 Å². The third-order valence-electron chi connectivity index (χ3n) is 24.9. The summed E-state index contributed by atoms with van der Waals surface area (Å²) >= 11 is 0.808. The lowest BCUT2D eigenvalue weighted by molar-refractivity contribution is -0.149. The summed E-state index contributed by atoms with van der Waals surface area (Å²) in [6.07, 6.45) is -0.291. The van der Waals surface area contributed by atoms with Gasteiger partial charge in [-0.1, -0.05) is 136 Å². The van der Waals surface area contributed by atoms with Crippen molar-refractivity contribution in [3.63, 3.8) is 0 Å². The predicted octanol–water partition coefficient (Wildman–Crippen LogP) is 7.67. The van der Waals surface area contributed by atoms with Crippen molar-refractivity contribution in [1.82, 2.24) is 46.2 Å². The summed E-state index contributed by atoms with van der Waals surface area (Å²) < 4.78 is 39.6. The number of imide groups is 1. The van der Waals surface area contributed by atoms with Gasteiger partial charge in [0, 0.05) is 142 Å². The second kappa shape index (κ2) is 60.1. The van der Waals surface area contributed by atoms with Crippen molar-refractivity contribution in [1.29, 1.82) is 0 Å². The lowest BCUT2D eigenvalue weighted by Gasteiger charge is -2.41. The maximum atomic E-state index is 15.0. The number of amides is 10. The van der Waals surface area contributed by atoms with Crippen molar-refractivity contribution in [3.8, 4) is 11.8 Å². The number of carbonyl (C=O) groups excluding carboxylic acids is 15. The van der Waals surface area contributed by atoms with E-state index in [0.29, 0.717) is 56.2 Å². The van der Waals surface area contributed by atoms with E-state index in [1.54, 1.807) is 75.7 Å². The first-order valence-electron chi connectivity index (χ1n) is 46.8. The van der Waals surface area contributed by atoms with Crippen molar-refractivity contribution in [2.24, 2.45) is 47.3 Å². The molecular formula is C97H143N9O28S. The van der Waals surface area contributed by atoms with Crippen LogP contribution in [0.1, 0.15) is 214 Å². The highest BCUT2D eigenvalue weighted by Crippen LogP contribution is 2.34. The molecule has 135 heavy (non-hydrogen) atoms. The number of ether oxygens (including phenoxy) is 7. The number of Topliss-reactive ketones (excluding diaryl/α,β-unsaturated/α-hetero) is 5. The third-order valence-corrected chi connectivity index (χ3v) is 26.2. The van der Waals surface area contributed by atoms with Crippen molar-refractivity contribution in [2.45, 2.75) is 283 Å². The zero-order valence-corrected chi connectivity index (χ0v) is 81.4. The Bertz CT molecular complexity index is 4330. The number of likely N-dealkylation sites (tertiary alicyclic amines) is 2. The zero-order valence-electron chi connectivity index (χ0n) is 80.6. The molecule has 1 aliphatic carbocycles. The number of hydrogen-bond donors (Lipinski definition) is 8. The summed E-state index contributed by atoms with van der Waals surface area (Å²) in [5.41, 5.74) is 1.93. The van der Waals surface area contributed by atoms with E-state index in [0.717, 1.165) is 41.5 Å². The lowest BCUT2D eigenvalue weighted by atomic mass is 9.83. The highest BCUT2D eigenvalue weighted by molar-refractivity contribution is 8.00. The van der Waals surface area contributed by atoms with Crippen molar-refractivity contribution in [2.75, 3.05) is 86.7 Å². The first-order chi connectivity index (χ1) is 64.1. The SMILES string of the molecule is CC[C@H](C)[C@@H]([C@@H](CC(=O)N1CCC[C@H]1[C@H](OC)[C@@H](C)C(=O)C[C@@H](Cc1ccccc1)C(=O)O)OC)N(C)C(=O)[C@@H](CC(=O)[C@H](C(C)C)N(C)C(=O)OCc1ccc(CC(=O)[C@H](C)NC(=O)[C@@H](CC(=O)C(CCC(=O)NCCOCCOCCCC(=O)CCN2C(=O)CC(SC[C@H](NC(=O)N[C@@H](CCC(=O)O)OC=O)C(=O)O)C2=O)NC(=O)COC2C#CCCCCC2)C(C)C)cc1)C(C)C. The summed E-state index contributed by atoms with van der Waals surface area (Å²) in [6, 6.07) is 8.79. The van der Waals surface area contributed by atoms with E-state index in [9.17, 15) is 96.5 Å². The van der Waals surface area contributed by atoms with E-state index in [4.69, 9.17) is 33.5 Å². The second-order valence-corrected chi connectivity index (χ2v) is 37.2. The summed E-state index contributed by atoms with van der Waals surface area (Å²) in [5.74, 6) is -8.19. The Morgan fingerprint density at radius 3 is 1.95 bits per heavy atom. The van der Waals surface area contributed by atoms with Crippen LogP contribution in [0.25, 0.3) is 0 Å². The topological polar surface area (TPSA) is 506 Å². The normalized spacial score (nSPS) is 17.9. The molecule has 10 amide bonds. The van der Waals surface area contributed by atoms with E-state index in [1.807, 2.05) is 58.0 Å². The van der Waals surface area contributed by atoms with Crippen LogP contribution in [-0.4, -0.2) is 294 Å². The number of carboxylic acid groups (broad SMARTS) is 3. The van der Waals surface area contributed by atoms with Crippen LogP contribution in [0, 0.1) is 59.2 Å². The Morgan fingerprint density at radius 1 is 0.644 bits per heavy atom. The van der Waals surface area contributed by atoms with Gasteiger partial charge in [0.1, 0.15) is 36.9 Å². The van der Waals surface area contributed by atoms with Gasteiger partial charge in [0.15, 0.2) is 23.6 Å². The van der Waals surface area contributed by atoms with Gasteiger partial charge in [0.2, 0.25) is 41.4 Å². The Labute approximate surface area is 795 Å². The molecule has 2 fully saturated rings. The van der Waals surface area contributed by atoms with E-state index >= 15 is 0 Å². The molecule has 16 atom stereocenters. The zero-order chi connectivity index (χ0) is 100. The van der Waals surface area contributed by atoms with Gasteiger partial charge >= 0.3 is 30.0 Å². The number of nitrogens with zero attached hydrogens (tertiary/aromatic N) is 4. The van der Waals surface area contributed by atoms with Gasteiger partial charge in [0.25, 0.3) is 6.47 Å². The van der Waals surface area contributed by atoms with E-state index in [2.05, 4.69) is 43.2 Å². The molecule has 2 saturated heterocycles. The van der Waals surface area contributed by atoms with Crippen molar-refractivity contribution >= 4 is 119 Å². The number of nitrogens with one attached hydrogen (secondary N) is 5. The first kappa shape index (κ1) is 115. The fourth-order valence-corrected chi connectivity index (χ4v) is 18.0. The van der Waals surface area contributed by atoms with Crippen LogP contribution in [0.3, 0.4) is 0 Å². The quantitative estimate of drug-likeness (QED) is 0.0103. The number of benzene rings is 2. The smallest absolute Gasteiger partial charge is 0.410 e. The lowest BCUT2D eigenvalue weighted by Crippen LogP contribution is -2.54. The molecule has 5 rings (SSSR count). The number of methoxy groups -OCH3 is 2. The Morgan fingerprint density at radius 2 is 1.32 bits per heavy atom. The van der Waals surface area contributed by atoms with Crippen LogP contribution >= 0.6 is 11.8 Å². The number of urea groups is 1. The molecule has 2 aromatic carbocycles. The molecule has 750 valence electrons. The highest BCUT2D eigenvalue weighted by Gasteiger charge is 2.46. The van der Waals surface area contributed by atoms with Crippen LogP contribution in [0.4, 0.5) is 9.59 Å². The van der Waals surface area contributed by atoms with Gasteiger partial charge in [-0.25, -0.2) is 14.4 Å². The molecule has 0 aromatic heterocycles. The average molecular weight is 1920 g/mol. The van der Waals surface area contributed by atoms with Gasteiger partial charge in [-0.15, -0.1) is 17.7 Å². The number of likely N-dealkylation sites (N-methyl/N-ethyl adjacent to an activating group) is 2. The van der Waals surface area contributed by atoms with Gasteiger partial charge < -0.3 is 89.8 Å². The minimum Gasteiger partial charge on any atom is -0.481 e. The van der Waals surface area contributed by atoms with Crippen LogP contribution in [-0.2, 0) is 129 Å². The van der Waals surface area contributed by atoms with E-state index in [-0.39, 0.29) is 182 Å². The Balaban J connectivity index is 1.07. The van der Waals surface area contributed by atoms with E-state index in [1.165, 1.54) is 33.1 Å². The van der Waals surface area contributed by atoms with Crippen molar-refractivity contribution in [3.05, 3.63) is 71.3 Å². The van der Waals surface area contributed by atoms with Crippen LogP contribution in [0.5, 0.6) is 0 Å². The number of rotatable bonds is 65. The first-order valence-corrected chi connectivity index (χ1v) is 47.9. The molecule has 0 bridgehead atoms. The van der Waals surface area contributed by atoms with Gasteiger partial charge in [-0.3, -0.25) is 76.8 Å². The number of aliphatic carboxylic acids is 3. The molecule has 2 heterocycles. The minimum atomic E-state index is -1.56. The number of hydrogen-bond acceptors (Lipinski definition) is 26. The summed E-state index contributed by atoms with van der Waals surface area (Å²) in [7, 11) is 6.09. The maximum absolute atomic E-state index is 15.0. The molecule has 38 heteroatoms. The third kappa shape index (κ3) is 39.2. The van der Waals surface area contributed by atoms with Crippen LogP contribution in [0.15, 0.2) is 54.6 Å². The number of thioether (sulfide) groups is 1. The van der Waals surface area contributed by atoms with Gasteiger partial charge in [-0.05, 0) is 98.7 Å². The second-order valence-electron chi connectivity index (χ2n) is 36.0. The van der Waals surface area contributed by atoms with Crippen molar-refractivity contribution < 1.29 is 135 Å². The van der Waals surface area contributed by atoms with Gasteiger partial charge in [-0.2, -0.15) is 0 Å². The molecular weight excluding hydrogens is 1770 g/mol. The fourth-order valence-electron chi connectivity index (χ4n) is 16.8. The molecule has 0 spiro atoms. The van der Waals surface area contributed by atoms with Crippen LogP contribution in [0.2, 0.25) is 0 Å². The van der Waals surface area contributed by atoms with E-state index < -0.39 is 180 Å². The predicted molar refractivity (Wildman–Crippen MR) is 496 cm³/mol. The average Bonchev–Trinajstić information content (AvgIpc) is 1.79. The summed E-state index contributed by atoms with van der Waals surface area (Å²) in [6.45, 7) is 18.1. The Hall–Kier alpha value is -10.6. The molecule has 0 saturated carbocycles. The summed E-state index contributed by atoms with van der Waals surface area (Å²) in [5, 5.41) is 40.2. The molecule has 8 N–H and O–H groups in total. The number of carboxylic acids is 3.